The third-order valence-corrected chi connectivity index (χ3v) is 4.06. The quantitative estimate of drug-likeness (QED) is 0.815. The summed E-state index contributed by atoms with van der Waals surface area (Å²) in [6.45, 7) is 4.06. The number of nitrogens with one attached hydrogen (secondary N) is 1. The lowest BCUT2D eigenvalue weighted by Gasteiger charge is -2.27. The molecule has 1 fully saturated rings. The molecule has 2 rings (SSSR count). The largest absolute Gasteiger partial charge is 0.468 e. The minimum absolute atomic E-state index is 0.191. The van der Waals surface area contributed by atoms with Gasteiger partial charge in [0, 0.05) is 11.1 Å². The van der Waals surface area contributed by atoms with E-state index in [-0.39, 0.29) is 24.0 Å². The molecule has 1 aromatic rings. The van der Waals surface area contributed by atoms with Crippen molar-refractivity contribution in [3.8, 4) is 0 Å². The summed E-state index contributed by atoms with van der Waals surface area (Å²) >= 11 is 5.95. The van der Waals surface area contributed by atoms with Gasteiger partial charge in [0.25, 0.3) is 0 Å². The summed E-state index contributed by atoms with van der Waals surface area (Å²) < 4.78 is 4.91. The van der Waals surface area contributed by atoms with Gasteiger partial charge in [-0.05, 0) is 42.4 Å². The first-order chi connectivity index (χ1) is 9.52. The number of benzene rings is 1. The van der Waals surface area contributed by atoms with Crippen LogP contribution < -0.4 is 5.32 Å². The van der Waals surface area contributed by atoms with Crippen LogP contribution in [0.4, 0.5) is 0 Å². The van der Waals surface area contributed by atoms with Crippen molar-refractivity contribution in [3.63, 3.8) is 0 Å². The second-order valence-corrected chi connectivity index (χ2v) is 6.21. The predicted molar refractivity (Wildman–Crippen MR) is 80.7 cm³/mol. The summed E-state index contributed by atoms with van der Waals surface area (Å²) in [4.78, 5) is 11.9. The van der Waals surface area contributed by atoms with Crippen molar-refractivity contribution in [3.05, 3.63) is 34.9 Å². The molecule has 2 unspecified atom stereocenters. The number of ether oxygens (including phenoxy) is 1. The van der Waals surface area contributed by atoms with Crippen molar-refractivity contribution in [1.29, 1.82) is 0 Å². The van der Waals surface area contributed by atoms with E-state index in [1.807, 2.05) is 38.1 Å². The van der Waals surface area contributed by atoms with Gasteiger partial charge in [0.2, 0.25) is 0 Å². The van der Waals surface area contributed by atoms with Crippen molar-refractivity contribution in [2.75, 3.05) is 7.11 Å². The summed E-state index contributed by atoms with van der Waals surface area (Å²) in [5.74, 6) is 0.595. The molecule has 2 atom stereocenters. The highest BCUT2D eigenvalue weighted by Gasteiger charge is 2.36. The van der Waals surface area contributed by atoms with Crippen LogP contribution in [-0.2, 0) is 9.53 Å². The lowest BCUT2D eigenvalue weighted by Crippen LogP contribution is -2.44. The molecule has 1 aliphatic carbocycles. The van der Waals surface area contributed by atoms with Gasteiger partial charge in [0.1, 0.15) is 6.04 Å². The predicted octanol–water partition coefficient (Wildman–Crippen LogP) is 3.58. The van der Waals surface area contributed by atoms with E-state index in [1.165, 1.54) is 25.5 Å². The third kappa shape index (κ3) is 3.74. The van der Waals surface area contributed by atoms with Crippen LogP contribution >= 0.6 is 11.6 Å². The highest BCUT2D eigenvalue weighted by atomic mass is 35.5. The Labute approximate surface area is 125 Å². The Morgan fingerprint density at radius 3 is 2.35 bits per heavy atom. The van der Waals surface area contributed by atoms with E-state index in [0.29, 0.717) is 5.92 Å². The van der Waals surface area contributed by atoms with Crippen LogP contribution in [-0.4, -0.2) is 19.1 Å². The molecule has 0 heterocycles. The number of methoxy groups -OCH3 is 1. The van der Waals surface area contributed by atoms with E-state index < -0.39 is 0 Å². The second-order valence-electron chi connectivity index (χ2n) is 5.78. The van der Waals surface area contributed by atoms with Crippen LogP contribution in [0, 0.1) is 11.8 Å². The Hall–Kier alpha value is -1.06. The summed E-state index contributed by atoms with van der Waals surface area (Å²) in [5.41, 5.74) is 1.19. The van der Waals surface area contributed by atoms with E-state index in [9.17, 15) is 4.79 Å². The average molecular weight is 296 g/mol. The molecule has 0 aliphatic heterocycles. The van der Waals surface area contributed by atoms with Crippen molar-refractivity contribution >= 4 is 17.6 Å². The zero-order chi connectivity index (χ0) is 14.7. The molecule has 0 spiro atoms. The molecule has 1 saturated carbocycles. The second kappa shape index (κ2) is 6.59. The van der Waals surface area contributed by atoms with Gasteiger partial charge >= 0.3 is 5.97 Å². The van der Waals surface area contributed by atoms with Crippen molar-refractivity contribution in [2.24, 2.45) is 11.8 Å². The van der Waals surface area contributed by atoms with Gasteiger partial charge in [0.05, 0.1) is 7.11 Å². The Balaban J connectivity index is 2.16. The van der Waals surface area contributed by atoms with Crippen LogP contribution in [0.25, 0.3) is 0 Å². The molecule has 0 aromatic heterocycles. The van der Waals surface area contributed by atoms with Crippen LogP contribution in [0.15, 0.2) is 24.3 Å². The molecule has 3 nitrogen and oxygen atoms in total. The summed E-state index contributed by atoms with van der Waals surface area (Å²) in [6.07, 6.45) is 2.40. The van der Waals surface area contributed by atoms with E-state index in [0.717, 1.165) is 5.02 Å². The first-order valence-corrected chi connectivity index (χ1v) is 7.50. The van der Waals surface area contributed by atoms with Gasteiger partial charge in [-0.1, -0.05) is 37.6 Å². The van der Waals surface area contributed by atoms with E-state index in [2.05, 4.69) is 5.32 Å². The Kier molecular flexibility index (Phi) is 5.06. The molecule has 110 valence electrons. The van der Waals surface area contributed by atoms with Gasteiger partial charge < -0.3 is 4.74 Å². The maximum Gasteiger partial charge on any atom is 0.323 e. The van der Waals surface area contributed by atoms with Gasteiger partial charge in [-0.2, -0.15) is 0 Å². The number of hydrogen-bond acceptors (Lipinski definition) is 3. The maximum atomic E-state index is 11.9. The fourth-order valence-corrected chi connectivity index (χ4v) is 2.58. The average Bonchev–Trinajstić information content (AvgIpc) is 3.24. The zero-order valence-corrected chi connectivity index (χ0v) is 13.0. The molecule has 1 aliphatic rings. The Morgan fingerprint density at radius 2 is 1.90 bits per heavy atom. The molecule has 0 amide bonds. The lowest BCUT2D eigenvalue weighted by atomic mass is 9.97. The molecule has 1 aromatic carbocycles. The van der Waals surface area contributed by atoms with Gasteiger partial charge in [0.15, 0.2) is 0 Å². The first-order valence-electron chi connectivity index (χ1n) is 7.12. The van der Waals surface area contributed by atoms with Gasteiger partial charge in [-0.25, -0.2) is 0 Å². The minimum atomic E-state index is -0.277. The lowest BCUT2D eigenvalue weighted by molar-refractivity contribution is -0.144. The third-order valence-electron chi connectivity index (χ3n) is 3.80. The molecule has 4 heteroatoms. The van der Waals surface area contributed by atoms with Gasteiger partial charge in [-0.15, -0.1) is 0 Å². The first kappa shape index (κ1) is 15.3. The molecule has 0 saturated heterocycles. The van der Waals surface area contributed by atoms with E-state index in [1.54, 1.807) is 0 Å². The molecule has 0 bridgehead atoms. The summed E-state index contributed by atoms with van der Waals surface area (Å²) in [5, 5.41) is 4.22. The molecule has 1 N–H and O–H groups in total. The zero-order valence-electron chi connectivity index (χ0n) is 12.2. The highest BCUT2D eigenvalue weighted by molar-refractivity contribution is 6.30. The Morgan fingerprint density at radius 1 is 1.30 bits per heavy atom. The SMILES string of the molecule is COC(=O)C(NC(c1ccc(Cl)cc1)C1CC1)C(C)C. The van der Waals surface area contributed by atoms with E-state index >= 15 is 0 Å². The van der Waals surface area contributed by atoms with Crippen LogP contribution in [0.3, 0.4) is 0 Å². The highest BCUT2D eigenvalue weighted by Crippen LogP contribution is 2.41. The van der Waals surface area contributed by atoms with Crippen LogP contribution in [0.2, 0.25) is 5.02 Å². The van der Waals surface area contributed by atoms with Gasteiger partial charge in [-0.3, -0.25) is 10.1 Å². The summed E-state index contributed by atoms with van der Waals surface area (Å²) in [7, 11) is 1.44. The minimum Gasteiger partial charge on any atom is -0.468 e. The number of hydrogen-bond donors (Lipinski definition) is 1. The standard InChI is InChI=1S/C16H22ClNO2/c1-10(2)14(16(19)20-3)18-15(11-4-5-11)12-6-8-13(17)9-7-12/h6-11,14-15,18H,4-5H2,1-3H3. The monoisotopic (exact) mass is 295 g/mol. The molecule has 0 radical (unpaired) electrons. The molecular formula is C16H22ClNO2. The number of rotatable bonds is 6. The number of esters is 1. The van der Waals surface area contributed by atoms with E-state index in [4.69, 9.17) is 16.3 Å². The van der Waals surface area contributed by atoms with Crippen LogP contribution in [0.1, 0.15) is 38.3 Å². The number of halogens is 1. The number of carbonyl (C=O) groups is 1. The Bertz CT molecular complexity index is 454. The number of carbonyl (C=O) groups excluding carboxylic acids is 1. The topological polar surface area (TPSA) is 38.3 Å². The summed E-state index contributed by atoms with van der Waals surface area (Å²) in [6, 6.07) is 7.78. The normalized spacial score (nSPS) is 17.9. The van der Waals surface area contributed by atoms with Crippen molar-refractivity contribution in [2.45, 2.75) is 38.8 Å². The maximum absolute atomic E-state index is 11.9. The molecule has 20 heavy (non-hydrogen) atoms. The fourth-order valence-electron chi connectivity index (χ4n) is 2.46. The fraction of sp³-hybridized carbons (Fsp3) is 0.562. The van der Waals surface area contributed by atoms with Crippen molar-refractivity contribution < 1.29 is 9.53 Å². The molecular weight excluding hydrogens is 274 g/mol. The van der Waals surface area contributed by atoms with Crippen molar-refractivity contribution in [1.82, 2.24) is 5.32 Å². The smallest absolute Gasteiger partial charge is 0.323 e. The van der Waals surface area contributed by atoms with Crippen LogP contribution in [0.5, 0.6) is 0 Å².